The van der Waals surface area contributed by atoms with Gasteiger partial charge in [-0.2, -0.15) is 4.39 Å². The van der Waals surface area contributed by atoms with Gasteiger partial charge in [-0.3, -0.25) is 0 Å². The van der Waals surface area contributed by atoms with Crippen molar-refractivity contribution in [3.63, 3.8) is 0 Å². The van der Waals surface area contributed by atoms with Gasteiger partial charge in [0.15, 0.2) is 11.5 Å². The number of hydrogen-bond acceptors (Lipinski definition) is 3. The first-order valence-electron chi connectivity index (χ1n) is 5.32. The van der Waals surface area contributed by atoms with Crippen molar-refractivity contribution in [3.05, 3.63) is 23.5 Å². The van der Waals surface area contributed by atoms with Crippen molar-refractivity contribution in [1.29, 1.82) is 0 Å². The molecule has 0 radical (unpaired) electrons. The Kier molecular flexibility index (Phi) is 2.76. The molecule has 3 nitrogen and oxygen atoms in total. The molecule has 0 amide bonds. The molecule has 0 atom stereocenters. The van der Waals surface area contributed by atoms with Crippen molar-refractivity contribution in [2.45, 2.75) is 24.8 Å². The van der Waals surface area contributed by atoms with E-state index in [0.29, 0.717) is 0 Å². The van der Waals surface area contributed by atoms with E-state index < -0.39 is 11.4 Å². The summed E-state index contributed by atoms with van der Waals surface area (Å²) in [6, 6.07) is 3.39. The molecule has 0 saturated heterocycles. The van der Waals surface area contributed by atoms with E-state index in [0.717, 1.165) is 24.8 Å². The molecular formula is C12H16FNO2. The van der Waals surface area contributed by atoms with Gasteiger partial charge in [-0.1, -0.05) is 0 Å². The molecule has 2 rings (SSSR count). The second-order valence-corrected chi connectivity index (χ2v) is 4.17. The Hall–Kier alpha value is -1.29. The van der Waals surface area contributed by atoms with Crippen molar-refractivity contribution in [1.82, 2.24) is 0 Å². The minimum atomic E-state index is -0.473. The highest BCUT2D eigenvalue weighted by molar-refractivity contribution is 5.47. The first-order chi connectivity index (χ1) is 7.62. The molecule has 1 fully saturated rings. The van der Waals surface area contributed by atoms with Gasteiger partial charge in [0.05, 0.1) is 14.2 Å². The Balaban J connectivity index is 2.50. The van der Waals surface area contributed by atoms with E-state index in [1.54, 1.807) is 12.1 Å². The number of methoxy groups -OCH3 is 2. The van der Waals surface area contributed by atoms with Gasteiger partial charge in [0.25, 0.3) is 0 Å². The number of hydrogen-bond donors (Lipinski definition) is 1. The second kappa shape index (κ2) is 3.94. The van der Waals surface area contributed by atoms with Crippen LogP contribution in [-0.4, -0.2) is 14.2 Å². The standard InChI is InChI=1S/C12H16FNO2/c1-15-9-5-4-8(11(16-2)10(9)13)12(14)6-3-7-12/h4-5H,3,6-7,14H2,1-2H3. The minimum Gasteiger partial charge on any atom is -0.494 e. The predicted molar refractivity (Wildman–Crippen MR) is 59.2 cm³/mol. The highest BCUT2D eigenvalue weighted by Gasteiger charge is 2.38. The zero-order valence-electron chi connectivity index (χ0n) is 9.55. The predicted octanol–water partition coefficient (Wildman–Crippen LogP) is 2.18. The quantitative estimate of drug-likeness (QED) is 0.857. The van der Waals surface area contributed by atoms with Gasteiger partial charge in [-0.05, 0) is 31.4 Å². The van der Waals surface area contributed by atoms with Gasteiger partial charge in [0, 0.05) is 11.1 Å². The van der Waals surface area contributed by atoms with E-state index in [-0.39, 0.29) is 11.5 Å². The van der Waals surface area contributed by atoms with Crippen LogP contribution in [0.5, 0.6) is 11.5 Å². The number of benzene rings is 1. The van der Waals surface area contributed by atoms with Crippen LogP contribution in [0.4, 0.5) is 4.39 Å². The van der Waals surface area contributed by atoms with Crippen molar-refractivity contribution in [3.8, 4) is 11.5 Å². The minimum absolute atomic E-state index is 0.184. The Morgan fingerprint density at radius 1 is 1.25 bits per heavy atom. The van der Waals surface area contributed by atoms with E-state index in [9.17, 15) is 4.39 Å². The average Bonchev–Trinajstić information content (AvgIpc) is 2.25. The molecule has 0 unspecified atom stereocenters. The van der Waals surface area contributed by atoms with Gasteiger partial charge in [-0.15, -0.1) is 0 Å². The molecule has 4 heteroatoms. The lowest BCUT2D eigenvalue weighted by atomic mass is 9.72. The lowest BCUT2D eigenvalue weighted by Crippen LogP contribution is -2.43. The van der Waals surface area contributed by atoms with Crippen LogP contribution in [-0.2, 0) is 5.54 Å². The number of rotatable bonds is 3. The van der Waals surface area contributed by atoms with Crippen LogP contribution in [0.25, 0.3) is 0 Å². The molecule has 0 aromatic heterocycles. The molecule has 1 saturated carbocycles. The summed E-state index contributed by atoms with van der Waals surface area (Å²) >= 11 is 0. The van der Waals surface area contributed by atoms with Gasteiger partial charge in [0.1, 0.15) is 0 Å². The third-order valence-electron chi connectivity index (χ3n) is 3.27. The lowest BCUT2D eigenvalue weighted by Gasteiger charge is -2.39. The summed E-state index contributed by atoms with van der Waals surface area (Å²) < 4.78 is 23.9. The fourth-order valence-corrected chi connectivity index (χ4v) is 2.11. The molecule has 1 aromatic carbocycles. The fraction of sp³-hybridized carbons (Fsp3) is 0.500. The van der Waals surface area contributed by atoms with E-state index in [1.165, 1.54) is 14.2 Å². The van der Waals surface area contributed by atoms with Crippen molar-refractivity contribution < 1.29 is 13.9 Å². The largest absolute Gasteiger partial charge is 0.494 e. The van der Waals surface area contributed by atoms with E-state index in [2.05, 4.69) is 0 Å². The Labute approximate surface area is 94.3 Å². The number of halogens is 1. The number of nitrogens with two attached hydrogens (primary N) is 1. The van der Waals surface area contributed by atoms with Gasteiger partial charge in [-0.25, -0.2) is 0 Å². The Morgan fingerprint density at radius 3 is 2.38 bits per heavy atom. The third kappa shape index (κ3) is 1.53. The molecule has 1 aliphatic carbocycles. The van der Waals surface area contributed by atoms with Crippen molar-refractivity contribution >= 4 is 0 Å². The summed E-state index contributed by atoms with van der Waals surface area (Å²) in [4.78, 5) is 0. The highest BCUT2D eigenvalue weighted by atomic mass is 19.1. The fourth-order valence-electron chi connectivity index (χ4n) is 2.11. The molecule has 0 aliphatic heterocycles. The summed E-state index contributed by atoms with van der Waals surface area (Å²) in [7, 11) is 2.88. The summed E-state index contributed by atoms with van der Waals surface area (Å²) in [6.07, 6.45) is 2.82. The molecule has 1 aliphatic rings. The molecule has 0 heterocycles. The number of ether oxygens (including phenoxy) is 2. The first kappa shape index (κ1) is 11.2. The van der Waals surface area contributed by atoms with Crippen LogP contribution in [0.2, 0.25) is 0 Å². The van der Waals surface area contributed by atoms with Gasteiger partial charge in [0.2, 0.25) is 5.82 Å². The van der Waals surface area contributed by atoms with Crippen molar-refractivity contribution in [2.75, 3.05) is 14.2 Å². The van der Waals surface area contributed by atoms with Crippen LogP contribution in [0.3, 0.4) is 0 Å². The molecule has 16 heavy (non-hydrogen) atoms. The Morgan fingerprint density at radius 2 is 1.94 bits per heavy atom. The maximum absolute atomic E-state index is 13.9. The molecule has 88 valence electrons. The Bertz CT molecular complexity index is 402. The summed E-state index contributed by atoms with van der Waals surface area (Å²) in [6.45, 7) is 0. The zero-order chi connectivity index (χ0) is 11.8. The summed E-state index contributed by atoms with van der Waals surface area (Å²) in [5.74, 6) is -0.0794. The topological polar surface area (TPSA) is 44.5 Å². The molecule has 0 spiro atoms. The average molecular weight is 225 g/mol. The van der Waals surface area contributed by atoms with Crippen LogP contribution >= 0.6 is 0 Å². The second-order valence-electron chi connectivity index (χ2n) is 4.17. The summed E-state index contributed by atoms with van der Waals surface area (Å²) in [5, 5.41) is 0. The smallest absolute Gasteiger partial charge is 0.207 e. The van der Waals surface area contributed by atoms with Gasteiger partial charge >= 0.3 is 0 Å². The van der Waals surface area contributed by atoms with Crippen molar-refractivity contribution in [2.24, 2.45) is 5.73 Å². The maximum atomic E-state index is 13.9. The molecule has 1 aromatic rings. The van der Waals surface area contributed by atoms with Gasteiger partial charge < -0.3 is 15.2 Å². The van der Waals surface area contributed by atoms with Crippen LogP contribution < -0.4 is 15.2 Å². The molecule has 2 N–H and O–H groups in total. The maximum Gasteiger partial charge on any atom is 0.207 e. The van der Waals surface area contributed by atoms with E-state index in [1.807, 2.05) is 0 Å². The SMILES string of the molecule is COc1ccc(C2(N)CCC2)c(OC)c1F. The van der Waals surface area contributed by atoms with Crippen LogP contribution in [0, 0.1) is 5.82 Å². The van der Waals surface area contributed by atoms with Crippen LogP contribution in [0.1, 0.15) is 24.8 Å². The summed E-state index contributed by atoms with van der Waals surface area (Å²) in [5.41, 5.74) is 6.48. The monoisotopic (exact) mass is 225 g/mol. The zero-order valence-corrected chi connectivity index (χ0v) is 9.55. The van der Waals surface area contributed by atoms with E-state index in [4.69, 9.17) is 15.2 Å². The molecule has 0 bridgehead atoms. The lowest BCUT2D eigenvalue weighted by molar-refractivity contribution is 0.239. The highest BCUT2D eigenvalue weighted by Crippen LogP contribution is 2.45. The van der Waals surface area contributed by atoms with Crippen LogP contribution in [0.15, 0.2) is 12.1 Å². The normalized spacial score (nSPS) is 17.8. The van der Waals surface area contributed by atoms with E-state index >= 15 is 0 Å². The first-order valence-corrected chi connectivity index (χ1v) is 5.32. The molecular weight excluding hydrogens is 209 g/mol. The third-order valence-corrected chi connectivity index (χ3v) is 3.27.